The summed E-state index contributed by atoms with van der Waals surface area (Å²) in [6.45, 7) is 5.15. The van der Waals surface area contributed by atoms with Crippen molar-refractivity contribution in [1.29, 1.82) is 0 Å². The molecule has 1 fully saturated rings. The number of carbonyl (C=O) groups is 1. The van der Waals surface area contributed by atoms with Gasteiger partial charge in [-0.15, -0.1) is 0 Å². The number of fused-ring (bicyclic) bond motifs is 1. The number of thioether (sulfide) groups is 1. The lowest BCUT2D eigenvalue weighted by molar-refractivity contribution is 0.0937. The average molecular weight is 474 g/mol. The third-order valence-electron chi connectivity index (χ3n) is 6.32. The highest BCUT2D eigenvalue weighted by Crippen LogP contribution is 2.25. The minimum absolute atomic E-state index is 0.000474. The number of aromatic nitrogens is 3. The Bertz CT molecular complexity index is 1400. The molecule has 0 radical (unpaired) electrons. The summed E-state index contributed by atoms with van der Waals surface area (Å²) < 4.78 is 9.56. The summed E-state index contributed by atoms with van der Waals surface area (Å²) in [5.41, 5.74) is 4.22. The summed E-state index contributed by atoms with van der Waals surface area (Å²) in [6, 6.07) is 19.3. The molecule has 5 rings (SSSR count). The van der Waals surface area contributed by atoms with Gasteiger partial charge < -0.3 is 9.30 Å². The van der Waals surface area contributed by atoms with Crippen molar-refractivity contribution in [2.45, 2.75) is 44.5 Å². The molecule has 0 aliphatic carbocycles. The van der Waals surface area contributed by atoms with Crippen LogP contribution in [0.2, 0.25) is 0 Å². The smallest absolute Gasteiger partial charge is 0.262 e. The van der Waals surface area contributed by atoms with Crippen LogP contribution in [0.25, 0.3) is 16.6 Å². The molecule has 34 heavy (non-hydrogen) atoms. The number of aryl methyl sites for hydroxylation is 1. The Morgan fingerprint density at radius 3 is 2.65 bits per heavy atom. The summed E-state index contributed by atoms with van der Waals surface area (Å²) >= 11 is 1.32. The number of nitrogens with zero attached hydrogens (tertiary/aromatic N) is 3. The maximum absolute atomic E-state index is 13.3. The lowest BCUT2D eigenvalue weighted by atomic mass is 10.2. The molecule has 6 nitrogen and oxygen atoms in total. The van der Waals surface area contributed by atoms with E-state index in [1.807, 2.05) is 68.4 Å². The Morgan fingerprint density at radius 1 is 1.12 bits per heavy atom. The van der Waals surface area contributed by atoms with Gasteiger partial charge in [-0.25, -0.2) is 4.98 Å². The van der Waals surface area contributed by atoms with Crippen LogP contribution in [0.1, 0.15) is 34.6 Å². The van der Waals surface area contributed by atoms with Crippen molar-refractivity contribution in [2.24, 2.45) is 0 Å². The topological polar surface area (TPSA) is 66.1 Å². The van der Waals surface area contributed by atoms with E-state index in [1.165, 1.54) is 11.8 Å². The van der Waals surface area contributed by atoms with E-state index >= 15 is 0 Å². The van der Waals surface area contributed by atoms with Crippen LogP contribution in [0.5, 0.6) is 0 Å². The fraction of sp³-hybridized carbons (Fsp3) is 0.296. The molecule has 1 aliphatic rings. The zero-order chi connectivity index (χ0) is 23.7. The van der Waals surface area contributed by atoms with Crippen LogP contribution in [0.15, 0.2) is 70.6 Å². The SMILES string of the molecule is Cc1cc(C(=O)CSc2nc3ccccc3c(=O)n2CC2CCCO2)c(C)n1-c1ccccc1. The second-order valence-electron chi connectivity index (χ2n) is 8.63. The minimum Gasteiger partial charge on any atom is -0.376 e. The van der Waals surface area contributed by atoms with Crippen molar-refractivity contribution in [3.05, 3.63) is 88.0 Å². The number of ether oxygens (including phenoxy) is 1. The zero-order valence-corrected chi connectivity index (χ0v) is 20.2. The van der Waals surface area contributed by atoms with E-state index in [0.29, 0.717) is 28.2 Å². The van der Waals surface area contributed by atoms with Crippen LogP contribution < -0.4 is 5.56 Å². The lowest BCUT2D eigenvalue weighted by Gasteiger charge is -2.16. The lowest BCUT2D eigenvalue weighted by Crippen LogP contribution is -2.29. The monoisotopic (exact) mass is 473 g/mol. The number of Topliss-reactive ketones (excluding diaryl/α,β-unsaturated/α-hetero) is 1. The number of benzene rings is 2. The first-order chi connectivity index (χ1) is 16.5. The van der Waals surface area contributed by atoms with Gasteiger partial charge in [0, 0.05) is 29.2 Å². The fourth-order valence-electron chi connectivity index (χ4n) is 4.64. The molecule has 1 atom stereocenters. The van der Waals surface area contributed by atoms with Crippen LogP contribution in [0, 0.1) is 13.8 Å². The Kier molecular flexibility index (Phi) is 6.39. The first-order valence-corrected chi connectivity index (χ1v) is 12.5. The molecule has 0 spiro atoms. The highest BCUT2D eigenvalue weighted by atomic mass is 32.2. The first kappa shape index (κ1) is 22.6. The van der Waals surface area contributed by atoms with E-state index in [2.05, 4.69) is 4.57 Å². The zero-order valence-electron chi connectivity index (χ0n) is 19.4. The van der Waals surface area contributed by atoms with Crippen molar-refractivity contribution < 1.29 is 9.53 Å². The second-order valence-corrected chi connectivity index (χ2v) is 9.57. The summed E-state index contributed by atoms with van der Waals surface area (Å²) in [6.07, 6.45) is 1.92. The number of rotatable bonds is 7. The Balaban J connectivity index is 1.44. The molecule has 1 saturated heterocycles. The van der Waals surface area contributed by atoms with Crippen molar-refractivity contribution in [1.82, 2.24) is 14.1 Å². The van der Waals surface area contributed by atoms with Crippen molar-refractivity contribution in [3.8, 4) is 5.69 Å². The number of ketones is 1. The maximum atomic E-state index is 13.3. The Labute approximate surface area is 202 Å². The van der Waals surface area contributed by atoms with E-state index in [-0.39, 0.29) is 23.2 Å². The van der Waals surface area contributed by atoms with E-state index in [9.17, 15) is 9.59 Å². The van der Waals surface area contributed by atoms with Gasteiger partial charge in [-0.05, 0) is 57.0 Å². The fourth-order valence-corrected chi connectivity index (χ4v) is 5.53. The van der Waals surface area contributed by atoms with Gasteiger partial charge in [-0.2, -0.15) is 0 Å². The van der Waals surface area contributed by atoms with E-state index in [0.717, 1.165) is 36.5 Å². The molecule has 174 valence electrons. The molecule has 7 heteroatoms. The molecule has 0 bridgehead atoms. The van der Waals surface area contributed by atoms with Crippen molar-refractivity contribution >= 4 is 28.4 Å². The second kappa shape index (κ2) is 9.60. The number of hydrogen-bond donors (Lipinski definition) is 0. The highest BCUT2D eigenvalue weighted by Gasteiger charge is 2.22. The molecular formula is C27H27N3O3S. The predicted molar refractivity (Wildman–Crippen MR) is 135 cm³/mol. The summed E-state index contributed by atoms with van der Waals surface area (Å²) in [5.74, 6) is 0.224. The van der Waals surface area contributed by atoms with Gasteiger partial charge in [0.05, 0.1) is 29.3 Å². The van der Waals surface area contributed by atoms with Crippen LogP contribution in [-0.4, -0.2) is 38.4 Å². The van der Waals surface area contributed by atoms with Gasteiger partial charge >= 0.3 is 0 Å². The maximum Gasteiger partial charge on any atom is 0.262 e. The van der Waals surface area contributed by atoms with E-state index in [4.69, 9.17) is 9.72 Å². The minimum atomic E-state index is -0.0849. The summed E-state index contributed by atoms with van der Waals surface area (Å²) in [4.78, 5) is 31.3. The van der Waals surface area contributed by atoms with E-state index in [1.54, 1.807) is 10.6 Å². The molecule has 0 amide bonds. The Hall–Kier alpha value is -3.16. The molecule has 4 aromatic rings. The first-order valence-electron chi connectivity index (χ1n) is 11.5. The molecule has 1 unspecified atom stereocenters. The summed E-state index contributed by atoms with van der Waals surface area (Å²) in [7, 11) is 0. The van der Waals surface area contributed by atoms with Gasteiger partial charge in [0.25, 0.3) is 5.56 Å². The standard InChI is InChI=1S/C27H27N3O3S/c1-18-15-23(19(2)30(18)20-9-4-3-5-10-20)25(31)17-34-27-28-24-13-7-6-12-22(24)26(32)29(27)16-21-11-8-14-33-21/h3-7,9-10,12-13,15,21H,8,11,14,16-17H2,1-2H3. The van der Waals surface area contributed by atoms with Crippen molar-refractivity contribution in [3.63, 3.8) is 0 Å². The van der Waals surface area contributed by atoms with Crippen molar-refractivity contribution in [2.75, 3.05) is 12.4 Å². The molecule has 3 heterocycles. The van der Waals surface area contributed by atoms with Gasteiger partial charge in [0.1, 0.15) is 0 Å². The quantitative estimate of drug-likeness (QED) is 0.216. The molecule has 2 aromatic heterocycles. The number of para-hydroxylation sites is 2. The van der Waals surface area contributed by atoms with Gasteiger partial charge in [0.15, 0.2) is 10.9 Å². The van der Waals surface area contributed by atoms with E-state index < -0.39 is 0 Å². The Morgan fingerprint density at radius 2 is 1.88 bits per heavy atom. The van der Waals surface area contributed by atoms with Crippen LogP contribution in [-0.2, 0) is 11.3 Å². The molecule has 2 aromatic carbocycles. The third kappa shape index (κ3) is 4.33. The van der Waals surface area contributed by atoms with Crippen LogP contribution in [0.3, 0.4) is 0 Å². The highest BCUT2D eigenvalue weighted by molar-refractivity contribution is 7.99. The normalized spacial score (nSPS) is 15.8. The molecule has 0 saturated carbocycles. The van der Waals surface area contributed by atoms with Gasteiger partial charge in [0.2, 0.25) is 0 Å². The average Bonchev–Trinajstić information content (AvgIpc) is 3.47. The molecular weight excluding hydrogens is 446 g/mol. The number of hydrogen-bond acceptors (Lipinski definition) is 5. The van der Waals surface area contributed by atoms with Gasteiger partial charge in [-0.1, -0.05) is 42.1 Å². The van der Waals surface area contributed by atoms with Crippen LogP contribution in [0.4, 0.5) is 0 Å². The van der Waals surface area contributed by atoms with Gasteiger partial charge in [-0.3, -0.25) is 14.2 Å². The molecule has 1 aliphatic heterocycles. The molecule has 0 N–H and O–H groups in total. The van der Waals surface area contributed by atoms with Crippen LogP contribution >= 0.6 is 11.8 Å². The third-order valence-corrected chi connectivity index (χ3v) is 7.29. The number of carbonyl (C=O) groups excluding carboxylic acids is 1. The predicted octanol–water partition coefficient (Wildman–Crippen LogP) is 4.96. The largest absolute Gasteiger partial charge is 0.376 e. The summed E-state index contributed by atoms with van der Waals surface area (Å²) in [5, 5.41) is 1.15.